The number of allylic oxidation sites excluding steroid dienone is 1. The normalized spacial score (nSPS) is 23.7. The molecule has 25 heavy (non-hydrogen) atoms. The van der Waals surface area contributed by atoms with E-state index >= 15 is 0 Å². The molecule has 0 radical (unpaired) electrons. The zero-order chi connectivity index (χ0) is 18.4. The summed E-state index contributed by atoms with van der Waals surface area (Å²) in [5.41, 5.74) is 0. The van der Waals surface area contributed by atoms with Crippen molar-refractivity contribution in [3.63, 3.8) is 0 Å². The number of unbranched alkanes of at least 4 members (excludes halogenated alkanes) is 4. The van der Waals surface area contributed by atoms with Crippen LogP contribution >= 0.6 is 23.4 Å². The average molecular weight is 387 g/mol. The summed E-state index contributed by atoms with van der Waals surface area (Å²) >= 11 is 7.45. The van der Waals surface area contributed by atoms with E-state index in [1.54, 1.807) is 18.8 Å². The van der Waals surface area contributed by atoms with Gasteiger partial charge in [0.2, 0.25) is 0 Å². The van der Waals surface area contributed by atoms with Gasteiger partial charge in [0.05, 0.1) is 0 Å². The molecule has 0 aromatic rings. The molecule has 2 atom stereocenters. The lowest BCUT2D eigenvalue weighted by atomic mass is 10.1. The third-order valence-corrected chi connectivity index (χ3v) is 5.49. The predicted octanol–water partition coefficient (Wildman–Crippen LogP) is 3.38. The Hall–Kier alpha value is -1.21. The van der Waals surface area contributed by atoms with Crippen molar-refractivity contribution >= 4 is 40.5 Å². The van der Waals surface area contributed by atoms with E-state index in [9.17, 15) is 9.59 Å². The summed E-state index contributed by atoms with van der Waals surface area (Å²) in [6.45, 7) is 4.80. The Morgan fingerprint density at radius 2 is 2.04 bits per heavy atom. The number of hydrogen-bond acceptors (Lipinski definition) is 5. The van der Waals surface area contributed by atoms with Crippen LogP contribution in [0, 0.1) is 0 Å². The van der Waals surface area contributed by atoms with Gasteiger partial charge in [0.25, 0.3) is 5.91 Å². The highest BCUT2D eigenvalue weighted by Gasteiger charge is 2.48. The Labute approximate surface area is 159 Å². The van der Waals surface area contributed by atoms with Crippen molar-refractivity contribution in [1.82, 2.24) is 15.1 Å². The van der Waals surface area contributed by atoms with Crippen LogP contribution in [-0.2, 0) is 4.79 Å². The van der Waals surface area contributed by atoms with E-state index in [-0.39, 0.29) is 11.9 Å². The maximum Gasteiger partial charge on any atom is 0.325 e. The number of urea groups is 1. The molecular formula is C17H27ClN4O2S. The van der Waals surface area contributed by atoms with Crippen LogP contribution < -0.4 is 5.32 Å². The summed E-state index contributed by atoms with van der Waals surface area (Å²) in [5, 5.41) is 3.98. The molecule has 0 aliphatic carbocycles. The van der Waals surface area contributed by atoms with Crippen molar-refractivity contribution < 1.29 is 9.59 Å². The number of nitrogens with zero attached hydrogens (tertiary/aromatic N) is 3. The zero-order valence-electron chi connectivity index (χ0n) is 15.1. The minimum Gasteiger partial charge on any atom is -0.336 e. The number of likely N-dealkylation sites (N-methyl/N-ethyl adjacent to an activating group) is 1. The smallest absolute Gasteiger partial charge is 0.325 e. The molecule has 2 rings (SSSR count). The van der Waals surface area contributed by atoms with E-state index in [1.165, 1.54) is 24.2 Å². The first-order valence-electron chi connectivity index (χ1n) is 8.82. The Morgan fingerprint density at radius 3 is 2.72 bits per heavy atom. The molecule has 1 saturated heterocycles. The van der Waals surface area contributed by atoms with Crippen LogP contribution in [0.4, 0.5) is 4.79 Å². The predicted molar refractivity (Wildman–Crippen MR) is 104 cm³/mol. The number of halogens is 1. The highest BCUT2D eigenvalue weighted by Crippen LogP contribution is 2.29. The Balaban J connectivity index is 2.07. The fourth-order valence-corrected chi connectivity index (χ4v) is 4.18. The number of rotatable bonds is 8. The zero-order valence-corrected chi connectivity index (χ0v) is 16.7. The van der Waals surface area contributed by atoms with Crippen LogP contribution in [0.15, 0.2) is 16.1 Å². The van der Waals surface area contributed by atoms with Crippen molar-refractivity contribution in [3.8, 4) is 0 Å². The molecule has 1 fully saturated rings. The standard InChI is InChI=1S/C17H27ClN4O2S/c1-4-5-6-7-8-10-22-13-14(21(3)16(24)20-15(13)23)19-17(22)25-11-9-12(2)18/h9,13-14H,4-8,10-11H2,1-3H3,(H,20,23,24)/b12-9+. The molecule has 0 aromatic carbocycles. The van der Waals surface area contributed by atoms with Crippen LogP contribution in [0.3, 0.4) is 0 Å². The summed E-state index contributed by atoms with van der Waals surface area (Å²) in [6, 6.07) is -0.821. The lowest BCUT2D eigenvalue weighted by Gasteiger charge is -2.36. The second-order valence-electron chi connectivity index (χ2n) is 6.38. The van der Waals surface area contributed by atoms with Gasteiger partial charge in [-0.2, -0.15) is 0 Å². The summed E-state index contributed by atoms with van der Waals surface area (Å²) in [6.07, 6.45) is 7.27. The number of hydrogen-bond donors (Lipinski definition) is 1. The van der Waals surface area contributed by atoms with Gasteiger partial charge >= 0.3 is 6.03 Å². The first-order valence-corrected chi connectivity index (χ1v) is 10.2. The van der Waals surface area contributed by atoms with Crippen LogP contribution in [0.2, 0.25) is 0 Å². The molecule has 3 amide bonds. The van der Waals surface area contributed by atoms with Gasteiger partial charge in [0, 0.05) is 24.4 Å². The van der Waals surface area contributed by atoms with Crippen molar-refractivity contribution in [3.05, 3.63) is 11.1 Å². The Kier molecular flexibility index (Phi) is 7.62. The van der Waals surface area contributed by atoms with E-state index < -0.39 is 12.2 Å². The summed E-state index contributed by atoms with van der Waals surface area (Å²) in [7, 11) is 1.68. The lowest BCUT2D eigenvalue weighted by molar-refractivity contribution is -0.127. The number of nitrogens with one attached hydrogen (secondary N) is 1. The minimum absolute atomic E-state index is 0.259. The van der Waals surface area contributed by atoms with Gasteiger partial charge in [-0.25, -0.2) is 9.79 Å². The van der Waals surface area contributed by atoms with Crippen molar-refractivity contribution in [2.24, 2.45) is 4.99 Å². The number of thioether (sulfide) groups is 1. The molecule has 2 unspecified atom stereocenters. The number of imide groups is 1. The van der Waals surface area contributed by atoms with Gasteiger partial charge < -0.3 is 9.80 Å². The summed E-state index contributed by atoms with van der Waals surface area (Å²) in [4.78, 5) is 32.5. The van der Waals surface area contributed by atoms with Crippen molar-refractivity contribution in [1.29, 1.82) is 0 Å². The second kappa shape index (κ2) is 9.48. The molecule has 1 N–H and O–H groups in total. The number of amides is 3. The highest BCUT2D eigenvalue weighted by atomic mass is 35.5. The number of aliphatic imine (C=N–C) groups is 1. The highest BCUT2D eigenvalue weighted by molar-refractivity contribution is 8.13. The van der Waals surface area contributed by atoms with Gasteiger partial charge in [0.15, 0.2) is 17.4 Å². The molecule has 8 heteroatoms. The molecular weight excluding hydrogens is 360 g/mol. The van der Waals surface area contributed by atoms with Crippen LogP contribution in [-0.4, -0.2) is 58.5 Å². The largest absolute Gasteiger partial charge is 0.336 e. The van der Waals surface area contributed by atoms with Gasteiger partial charge in [-0.3, -0.25) is 10.1 Å². The van der Waals surface area contributed by atoms with E-state index in [2.05, 4.69) is 22.1 Å². The van der Waals surface area contributed by atoms with E-state index in [1.807, 2.05) is 13.0 Å². The SMILES string of the molecule is CCCCCCCN1C(SC/C=C(\C)Cl)=NC2C1C(=O)NC(=O)N2C. The molecule has 0 spiro atoms. The third kappa shape index (κ3) is 5.14. The Bertz CT molecular complexity index is 563. The van der Waals surface area contributed by atoms with Crippen molar-refractivity contribution in [2.75, 3.05) is 19.3 Å². The van der Waals surface area contributed by atoms with Gasteiger partial charge in [0.1, 0.15) is 0 Å². The van der Waals surface area contributed by atoms with Crippen LogP contribution in [0.25, 0.3) is 0 Å². The molecule has 2 aliphatic rings. The molecule has 6 nitrogen and oxygen atoms in total. The number of fused-ring (bicyclic) bond motifs is 1. The number of amidine groups is 1. The van der Waals surface area contributed by atoms with Gasteiger partial charge in [-0.15, -0.1) is 0 Å². The molecule has 0 bridgehead atoms. The molecule has 140 valence electrons. The van der Waals surface area contributed by atoms with Gasteiger partial charge in [-0.1, -0.05) is 62.0 Å². The van der Waals surface area contributed by atoms with Crippen LogP contribution in [0.5, 0.6) is 0 Å². The van der Waals surface area contributed by atoms with Gasteiger partial charge in [-0.05, 0) is 13.3 Å². The Morgan fingerprint density at radius 1 is 1.32 bits per heavy atom. The fraction of sp³-hybridized carbons (Fsp3) is 0.706. The summed E-state index contributed by atoms with van der Waals surface area (Å²) in [5.74, 6) is 0.434. The number of carbonyl (C=O) groups is 2. The molecule has 2 aliphatic heterocycles. The monoisotopic (exact) mass is 386 g/mol. The summed E-state index contributed by atoms with van der Waals surface area (Å²) < 4.78 is 0. The van der Waals surface area contributed by atoms with Crippen LogP contribution in [0.1, 0.15) is 46.0 Å². The second-order valence-corrected chi connectivity index (χ2v) is 7.97. The quantitative estimate of drug-likeness (QED) is 0.649. The molecule has 0 saturated carbocycles. The van der Waals surface area contributed by atoms with Crippen molar-refractivity contribution in [2.45, 2.75) is 58.2 Å². The molecule has 2 heterocycles. The molecule has 0 aromatic heterocycles. The fourth-order valence-electron chi connectivity index (χ4n) is 2.97. The van der Waals surface area contributed by atoms with E-state index in [4.69, 9.17) is 11.6 Å². The van der Waals surface area contributed by atoms with E-state index in [0.717, 1.165) is 29.6 Å². The maximum absolute atomic E-state index is 12.4. The average Bonchev–Trinajstić information content (AvgIpc) is 2.91. The lowest BCUT2D eigenvalue weighted by Crippen LogP contribution is -2.63. The van der Waals surface area contributed by atoms with E-state index in [0.29, 0.717) is 5.75 Å². The number of carbonyl (C=O) groups excluding carboxylic acids is 2. The first-order chi connectivity index (χ1) is 12.0. The topological polar surface area (TPSA) is 65.0 Å². The third-order valence-electron chi connectivity index (χ3n) is 4.40. The first kappa shape index (κ1) is 20.1. The minimum atomic E-state index is -0.444. The maximum atomic E-state index is 12.4.